The van der Waals surface area contributed by atoms with E-state index in [1.54, 1.807) is 0 Å². The van der Waals surface area contributed by atoms with E-state index in [1.165, 1.54) is 22.0 Å². The molecule has 5 nitrogen and oxygen atoms in total. The van der Waals surface area contributed by atoms with Crippen LogP contribution in [0.3, 0.4) is 0 Å². The molecule has 2 aromatic carbocycles. The number of hydrogen-bond donors (Lipinski definition) is 0. The fraction of sp³-hybridized carbons (Fsp3) is 0.407. The molecular weight excluding hydrogens is 396 g/mol. The summed E-state index contributed by atoms with van der Waals surface area (Å²) in [4.78, 5) is 17.0. The summed E-state index contributed by atoms with van der Waals surface area (Å²) in [6.07, 6.45) is 5.09. The molecular formula is C27H32N4O. The van der Waals surface area contributed by atoms with E-state index in [0.717, 1.165) is 63.2 Å². The van der Waals surface area contributed by atoms with E-state index in [4.69, 9.17) is 0 Å². The van der Waals surface area contributed by atoms with Crippen molar-refractivity contribution in [2.75, 3.05) is 26.2 Å². The van der Waals surface area contributed by atoms with Gasteiger partial charge < -0.3 is 9.80 Å². The van der Waals surface area contributed by atoms with Gasteiger partial charge in [0.25, 0.3) is 0 Å². The molecule has 1 amide bonds. The van der Waals surface area contributed by atoms with Crippen molar-refractivity contribution in [2.24, 2.45) is 5.41 Å². The highest BCUT2D eigenvalue weighted by Gasteiger charge is 2.47. The SMILES string of the molecule is C=C(c1ccc(-c2ccc3cnn(CCC)c3c2)cc1)N1CCN(C(=O)C2(C)CC2)CC1. The zero-order valence-electron chi connectivity index (χ0n) is 19.2. The van der Waals surface area contributed by atoms with Gasteiger partial charge in [0.1, 0.15) is 0 Å². The predicted molar refractivity (Wildman–Crippen MR) is 130 cm³/mol. The summed E-state index contributed by atoms with van der Waals surface area (Å²) in [6.45, 7) is 12.8. The molecule has 1 aliphatic carbocycles. The van der Waals surface area contributed by atoms with E-state index in [-0.39, 0.29) is 5.41 Å². The molecule has 0 spiro atoms. The van der Waals surface area contributed by atoms with Crippen molar-refractivity contribution in [1.82, 2.24) is 19.6 Å². The van der Waals surface area contributed by atoms with Crippen LogP contribution in [0, 0.1) is 5.41 Å². The highest BCUT2D eigenvalue weighted by molar-refractivity contribution is 5.85. The van der Waals surface area contributed by atoms with Crippen molar-refractivity contribution in [2.45, 2.75) is 39.7 Å². The fourth-order valence-electron chi connectivity index (χ4n) is 4.64. The monoisotopic (exact) mass is 428 g/mol. The molecule has 1 aliphatic heterocycles. The first-order valence-corrected chi connectivity index (χ1v) is 11.8. The Morgan fingerprint density at radius 1 is 1.00 bits per heavy atom. The van der Waals surface area contributed by atoms with Crippen LogP contribution in [0.1, 0.15) is 38.7 Å². The van der Waals surface area contributed by atoms with E-state index in [0.29, 0.717) is 5.91 Å². The lowest BCUT2D eigenvalue weighted by atomic mass is 10.0. The molecule has 1 aromatic heterocycles. The maximum Gasteiger partial charge on any atom is 0.228 e. The third-order valence-corrected chi connectivity index (χ3v) is 7.10. The summed E-state index contributed by atoms with van der Waals surface area (Å²) >= 11 is 0. The summed E-state index contributed by atoms with van der Waals surface area (Å²) in [5.41, 5.74) is 5.68. The maximum atomic E-state index is 12.6. The van der Waals surface area contributed by atoms with Crippen LogP contribution < -0.4 is 0 Å². The highest BCUT2D eigenvalue weighted by atomic mass is 16.2. The molecule has 0 unspecified atom stereocenters. The van der Waals surface area contributed by atoms with E-state index >= 15 is 0 Å². The van der Waals surface area contributed by atoms with Crippen molar-refractivity contribution in [3.63, 3.8) is 0 Å². The number of amides is 1. The number of aryl methyl sites for hydroxylation is 1. The van der Waals surface area contributed by atoms with Crippen LogP contribution in [0.5, 0.6) is 0 Å². The second kappa shape index (κ2) is 8.12. The van der Waals surface area contributed by atoms with Gasteiger partial charge in [0.05, 0.1) is 11.7 Å². The minimum absolute atomic E-state index is 0.0771. The average molecular weight is 429 g/mol. The van der Waals surface area contributed by atoms with E-state index in [2.05, 4.69) is 77.6 Å². The van der Waals surface area contributed by atoms with Crippen LogP contribution in [0.25, 0.3) is 27.7 Å². The van der Waals surface area contributed by atoms with Gasteiger partial charge in [-0.15, -0.1) is 0 Å². The predicted octanol–water partition coefficient (Wildman–Crippen LogP) is 5.03. The lowest BCUT2D eigenvalue weighted by Gasteiger charge is -2.38. The molecule has 2 heterocycles. The Balaban J connectivity index is 1.27. The third kappa shape index (κ3) is 3.81. The molecule has 0 bridgehead atoms. The number of fused-ring (bicyclic) bond motifs is 1. The molecule has 2 fully saturated rings. The van der Waals surface area contributed by atoms with Crippen molar-refractivity contribution in [3.8, 4) is 11.1 Å². The number of benzene rings is 2. The Labute approximate surface area is 190 Å². The van der Waals surface area contributed by atoms with Crippen LogP contribution in [0.4, 0.5) is 0 Å². The molecule has 3 aromatic rings. The minimum Gasteiger partial charge on any atom is -0.368 e. The van der Waals surface area contributed by atoms with Gasteiger partial charge in [-0.1, -0.05) is 56.8 Å². The average Bonchev–Trinajstić information content (AvgIpc) is 3.47. The van der Waals surface area contributed by atoms with Gasteiger partial charge in [-0.3, -0.25) is 9.48 Å². The minimum atomic E-state index is -0.0771. The van der Waals surface area contributed by atoms with Gasteiger partial charge in [-0.25, -0.2) is 0 Å². The number of rotatable bonds is 6. The van der Waals surface area contributed by atoms with Crippen molar-refractivity contribution < 1.29 is 4.79 Å². The maximum absolute atomic E-state index is 12.6. The first-order chi connectivity index (χ1) is 15.5. The van der Waals surface area contributed by atoms with Gasteiger partial charge in [0, 0.05) is 49.2 Å². The summed E-state index contributed by atoms with van der Waals surface area (Å²) < 4.78 is 2.09. The number of carbonyl (C=O) groups is 1. The second-order valence-electron chi connectivity index (χ2n) is 9.51. The van der Waals surface area contributed by atoms with Crippen LogP contribution >= 0.6 is 0 Å². The number of aromatic nitrogens is 2. The largest absolute Gasteiger partial charge is 0.368 e. The Hall–Kier alpha value is -3.08. The lowest BCUT2D eigenvalue weighted by molar-refractivity contribution is -0.137. The summed E-state index contributed by atoms with van der Waals surface area (Å²) in [5.74, 6) is 0.337. The molecule has 1 saturated carbocycles. The van der Waals surface area contributed by atoms with Crippen molar-refractivity contribution in [1.29, 1.82) is 0 Å². The molecule has 5 rings (SSSR count). The quantitative estimate of drug-likeness (QED) is 0.553. The van der Waals surface area contributed by atoms with Gasteiger partial charge in [0.2, 0.25) is 5.91 Å². The lowest BCUT2D eigenvalue weighted by Crippen LogP contribution is -2.49. The first-order valence-electron chi connectivity index (χ1n) is 11.8. The second-order valence-corrected chi connectivity index (χ2v) is 9.51. The third-order valence-electron chi connectivity index (χ3n) is 7.10. The standard InChI is InChI=1S/C27H32N4O/c1-4-13-31-25-18-23(9-10-24(25)19-28-31)22-7-5-21(6-8-22)20(2)29-14-16-30(17-15-29)26(32)27(3)11-12-27/h5-10,18-19H,2,4,11-17H2,1,3H3. The number of nitrogens with zero attached hydrogens (tertiary/aromatic N) is 4. The number of hydrogen-bond acceptors (Lipinski definition) is 3. The Morgan fingerprint density at radius 3 is 2.31 bits per heavy atom. The van der Waals surface area contributed by atoms with Crippen LogP contribution in [-0.2, 0) is 11.3 Å². The molecule has 5 heteroatoms. The smallest absolute Gasteiger partial charge is 0.228 e. The van der Waals surface area contributed by atoms with Gasteiger partial charge in [-0.05, 0) is 42.0 Å². The van der Waals surface area contributed by atoms with Crippen LogP contribution in [0.2, 0.25) is 0 Å². The molecule has 0 N–H and O–H groups in total. The summed E-state index contributed by atoms with van der Waals surface area (Å²) in [5, 5.41) is 5.70. The zero-order chi connectivity index (χ0) is 22.3. The Kier molecular flexibility index (Phi) is 5.28. The van der Waals surface area contributed by atoms with Crippen molar-refractivity contribution >= 4 is 22.5 Å². The molecule has 2 aliphatic rings. The van der Waals surface area contributed by atoms with Crippen LogP contribution in [0.15, 0.2) is 55.2 Å². The van der Waals surface area contributed by atoms with E-state index in [9.17, 15) is 4.79 Å². The number of piperazine rings is 1. The Bertz CT molecular complexity index is 1150. The molecule has 32 heavy (non-hydrogen) atoms. The van der Waals surface area contributed by atoms with Crippen LogP contribution in [-0.4, -0.2) is 51.7 Å². The normalized spacial score (nSPS) is 17.6. The zero-order valence-corrected chi connectivity index (χ0v) is 19.2. The fourth-order valence-corrected chi connectivity index (χ4v) is 4.64. The summed E-state index contributed by atoms with van der Waals surface area (Å²) in [7, 11) is 0. The van der Waals surface area contributed by atoms with Crippen molar-refractivity contribution in [3.05, 3.63) is 60.8 Å². The molecule has 1 saturated heterocycles. The summed E-state index contributed by atoms with van der Waals surface area (Å²) in [6, 6.07) is 15.2. The van der Waals surface area contributed by atoms with E-state index < -0.39 is 0 Å². The van der Waals surface area contributed by atoms with Gasteiger partial charge in [-0.2, -0.15) is 5.10 Å². The van der Waals surface area contributed by atoms with Gasteiger partial charge >= 0.3 is 0 Å². The topological polar surface area (TPSA) is 41.4 Å². The van der Waals surface area contributed by atoms with Gasteiger partial charge in [0.15, 0.2) is 0 Å². The highest BCUT2D eigenvalue weighted by Crippen LogP contribution is 2.46. The molecule has 0 radical (unpaired) electrons. The number of carbonyl (C=O) groups excluding carboxylic acids is 1. The van der Waals surface area contributed by atoms with E-state index in [1.807, 2.05) is 11.1 Å². The molecule has 166 valence electrons. The first kappa shape index (κ1) is 20.8. The Morgan fingerprint density at radius 2 is 1.66 bits per heavy atom. The molecule has 0 atom stereocenters.